The summed E-state index contributed by atoms with van der Waals surface area (Å²) in [4.78, 5) is 16.4. The van der Waals surface area contributed by atoms with Crippen molar-refractivity contribution in [3.63, 3.8) is 0 Å². The fourth-order valence-corrected chi connectivity index (χ4v) is 2.47. The Morgan fingerprint density at radius 3 is 2.41 bits per heavy atom. The molecular weight excluding hydrogens is 343 g/mol. The first-order valence-corrected chi connectivity index (χ1v) is 9.24. The Hall–Kier alpha value is -2.89. The van der Waals surface area contributed by atoms with Crippen LogP contribution in [0.25, 0.3) is 0 Å². The lowest BCUT2D eigenvalue weighted by atomic mass is 10.1. The van der Waals surface area contributed by atoms with E-state index in [-0.39, 0.29) is 11.7 Å². The first kappa shape index (κ1) is 20.4. The van der Waals surface area contributed by atoms with Gasteiger partial charge in [0.05, 0.1) is 6.54 Å². The second-order valence-electron chi connectivity index (χ2n) is 6.08. The molecule has 5 nitrogen and oxygen atoms in total. The van der Waals surface area contributed by atoms with Gasteiger partial charge in [0.25, 0.3) is 0 Å². The van der Waals surface area contributed by atoms with Gasteiger partial charge in [0.2, 0.25) is 5.91 Å². The number of rotatable bonds is 9. The molecule has 0 spiro atoms. The maximum absolute atomic E-state index is 12.9. The van der Waals surface area contributed by atoms with E-state index in [1.165, 1.54) is 12.1 Å². The normalized spacial score (nSPS) is 11.1. The number of amides is 1. The maximum Gasteiger partial charge on any atom is 0.222 e. The number of carbonyl (C=O) groups excluding carboxylic acids is 1. The molecule has 0 saturated carbocycles. The molecule has 144 valence electrons. The van der Waals surface area contributed by atoms with E-state index in [1.807, 2.05) is 37.3 Å². The van der Waals surface area contributed by atoms with E-state index in [9.17, 15) is 9.18 Å². The number of benzene rings is 2. The lowest BCUT2D eigenvalue weighted by Gasteiger charge is -2.11. The van der Waals surface area contributed by atoms with Gasteiger partial charge in [-0.2, -0.15) is 0 Å². The van der Waals surface area contributed by atoms with Crippen LogP contribution in [-0.2, 0) is 17.8 Å². The van der Waals surface area contributed by atoms with Gasteiger partial charge >= 0.3 is 0 Å². The largest absolute Gasteiger partial charge is 0.357 e. The zero-order valence-electron chi connectivity index (χ0n) is 15.7. The third-order valence-electron chi connectivity index (χ3n) is 3.90. The molecule has 0 radical (unpaired) electrons. The van der Waals surface area contributed by atoms with Crippen molar-refractivity contribution in [3.8, 4) is 0 Å². The molecule has 6 heteroatoms. The van der Waals surface area contributed by atoms with Crippen LogP contribution in [0.4, 0.5) is 4.39 Å². The molecule has 0 saturated heterocycles. The SMILES string of the molecule is CCNC(=NCCC(=O)NCc1ccccc1)NCCc1ccc(F)cc1. The Morgan fingerprint density at radius 1 is 0.963 bits per heavy atom. The highest BCUT2D eigenvalue weighted by molar-refractivity contribution is 5.80. The predicted octanol–water partition coefficient (Wildman–Crippen LogP) is 2.63. The monoisotopic (exact) mass is 370 g/mol. The van der Waals surface area contributed by atoms with Crippen LogP contribution in [0.1, 0.15) is 24.5 Å². The van der Waals surface area contributed by atoms with E-state index in [2.05, 4.69) is 20.9 Å². The summed E-state index contributed by atoms with van der Waals surface area (Å²) in [6.45, 7) is 4.34. The number of nitrogens with zero attached hydrogens (tertiary/aromatic N) is 1. The molecule has 0 aliphatic carbocycles. The summed E-state index contributed by atoms with van der Waals surface area (Å²) in [5, 5.41) is 9.28. The molecule has 0 aliphatic heterocycles. The zero-order chi connectivity index (χ0) is 19.3. The fourth-order valence-electron chi connectivity index (χ4n) is 2.47. The van der Waals surface area contributed by atoms with Crippen molar-refractivity contribution in [1.82, 2.24) is 16.0 Å². The summed E-state index contributed by atoms with van der Waals surface area (Å²) in [7, 11) is 0. The highest BCUT2D eigenvalue weighted by atomic mass is 19.1. The van der Waals surface area contributed by atoms with Crippen LogP contribution >= 0.6 is 0 Å². The highest BCUT2D eigenvalue weighted by Crippen LogP contribution is 2.02. The molecule has 0 aliphatic rings. The topological polar surface area (TPSA) is 65.5 Å². The molecule has 3 N–H and O–H groups in total. The average molecular weight is 370 g/mol. The second-order valence-corrected chi connectivity index (χ2v) is 6.08. The zero-order valence-corrected chi connectivity index (χ0v) is 15.7. The molecule has 2 aromatic rings. The first-order chi connectivity index (χ1) is 13.2. The molecule has 0 bridgehead atoms. The van der Waals surface area contributed by atoms with E-state index in [1.54, 1.807) is 12.1 Å². The Kier molecular flexibility index (Phi) is 8.83. The molecule has 0 fully saturated rings. The van der Waals surface area contributed by atoms with Crippen molar-refractivity contribution in [1.29, 1.82) is 0 Å². The Labute approximate surface area is 160 Å². The summed E-state index contributed by atoms with van der Waals surface area (Å²) >= 11 is 0. The Balaban J connectivity index is 1.70. The minimum Gasteiger partial charge on any atom is -0.357 e. The van der Waals surface area contributed by atoms with Crippen molar-refractivity contribution in [2.24, 2.45) is 4.99 Å². The Bertz CT molecular complexity index is 717. The molecule has 0 unspecified atom stereocenters. The van der Waals surface area contributed by atoms with Gasteiger partial charge in [-0.3, -0.25) is 9.79 Å². The van der Waals surface area contributed by atoms with Gasteiger partial charge in [0.1, 0.15) is 5.82 Å². The van der Waals surface area contributed by atoms with Crippen LogP contribution in [0, 0.1) is 5.82 Å². The summed E-state index contributed by atoms with van der Waals surface area (Å²) < 4.78 is 12.9. The van der Waals surface area contributed by atoms with E-state index < -0.39 is 0 Å². The van der Waals surface area contributed by atoms with Crippen molar-refractivity contribution in [2.45, 2.75) is 26.3 Å². The van der Waals surface area contributed by atoms with Crippen LogP contribution in [0.5, 0.6) is 0 Å². The van der Waals surface area contributed by atoms with Crippen LogP contribution in [0.2, 0.25) is 0 Å². The summed E-state index contributed by atoms with van der Waals surface area (Å²) in [6.07, 6.45) is 1.10. The van der Waals surface area contributed by atoms with Crippen molar-refractivity contribution in [2.75, 3.05) is 19.6 Å². The summed E-state index contributed by atoms with van der Waals surface area (Å²) in [5.41, 5.74) is 2.13. The third kappa shape index (κ3) is 8.35. The number of aliphatic imine (C=N–C) groups is 1. The van der Waals surface area contributed by atoms with Crippen LogP contribution in [0.15, 0.2) is 59.6 Å². The fraction of sp³-hybridized carbons (Fsp3) is 0.333. The molecule has 0 aromatic heterocycles. The van der Waals surface area contributed by atoms with Gasteiger partial charge in [0, 0.05) is 26.1 Å². The lowest BCUT2D eigenvalue weighted by Crippen LogP contribution is -2.38. The van der Waals surface area contributed by atoms with Crippen molar-refractivity contribution >= 4 is 11.9 Å². The number of nitrogens with one attached hydrogen (secondary N) is 3. The van der Waals surface area contributed by atoms with Crippen LogP contribution in [-0.4, -0.2) is 31.5 Å². The summed E-state index contributed by atoms with van der Waals surface area (Å²) in [6, 6.07) is 16.3. The van der Waals surface area contributed by atoms with Gasteiger partial charge in [-0.1, -0.05) is 42.5 Å². The van der Waals surface area contributed by atoms with Gasteiger partial charge < -0.3 is 16.0 Å². The van der Waals surface area contributed by atoms with Crippen LogP contribution in [0.3, 0.4) is 0 Å². The molecular formula is C21H27FN4O. The molecule has 27 heavy (non-hydrogen) atoms. The maximum atomic E-state index is 12.9. The van der Waals surface area contributed by atoms with E-state index in [0.29, 0.717) is 32.0 Å². The second kappa shape index (κ2) is 11.7. The molecule has 0 atom stereocenters. The molecule has 2 rings (SSSR count). The average Bonchev–Trinajstić information content (AvgIpc) is 2.69. The van der Waals surface area contributed by atoms with Crippen LogP contribution < -0.4 is 16.0 Å². The van der Waals surface area contributed by atoms with E-state index in [4.69, 9.17) is 0 Å². The minimum absolute atomic E-state index is 0.0234. The van der Waals surface area contributed by atoms with Crippen molar-refractivity contribution < 1.29 is 9.18 Å². The number of carbonyl (C=O) groups is 1. The number of hydrogen-bond donors (Lipinski definition) is 3. The number of hydrogen-bond acceptors (Lipinski definition) is 2. The quantitative estimate of drug-likeness (QED) is 0.470. The third-order valence-corrected chi connectivity index (χ3v) is 3.90. The van der Waals surface area contributed by atoms with E-state index >= 15 is 0 Å². The first-order valence-electron chi connectivity index (χ1n) is 9.24. The van der Waals surface area contributed by atoms with Gasteiger partial charge in [-0.15, -0.1) is 0 Å². The van der Waals surface area contributed by atoms with Gasteiger partial charge in [-0.05, 0) is 36.6 Å². The number of halogens is 1. The lowest BCUT2D eigenvalue weighted by molar-refractivity contribution is -0.121. The highest BCUT2D eigenvalue weighted by Gasteiger charge is 2.02. The summed E-state index contributed by atoms with van der Waals surface area (Å²) in [5.74, 6) is 0.424. The van der Waals surface area contributed by atoms with Crippen molar-refractivity contribution in [3.05, 3.63) is 71.5 Å². The predicted molar refractivity (Wildman–Crippen MR) is 107 cm³/mol. The number of guanidine groups is 1. The smallest absolute Gasteiger partial charge is 0.222 e. The van der Waals surface area contributed by atoms with Gasteiger partial charge in [0.15, 0.2) is 5.96 Å². The molecule has 1 amide bonds. The molecule has 2 aromatic carbocycles. The Morgan fingerprint density at radius 2 is 1.70 bits per heavy atom. The minimum atomic E-state index is -0.229. The van der Waals surface area contributed by atoms with Gasteiger partial charge in [-0.25, -0.2) is 4.39 Å². The van der Waals surface area contributed by atoms with E-state index in [0.717, 1.165) is 24.1 Å². The standard InChI is InChI=1S/C21H27FN4O/c1-2-23-21(24-14-12-17-8-10-19(22)11-9-17)25-15-13-20(27)26-16-18-6-4-3-5-7-18/h3-11H,2,12-16H2,1H3,(H,26,27)(H2,23,24,25). The molecule has 0 heterocycles.